The molecule has 0 bridgehead atoms. The van der Waals surface area contributed by atoms with E-state index in [2.05, 4.69) is 5.32 Å². The van der Waals surface area contributed by atoms with Gasteiger partial charge in [0, 0.05) is 40.8 Å². The fourth-order valence-corrected chi connectivity index (χ4v) is 6.09. The molecule has 10 nitrogen and oxygen atoms in total. The van der Waals surface area contributed by atoms with Crippen LogP contribution in [-0.2, 0) is 26.2 Å². The first kappa shape index (κ1) is 31.9. The molecule has 2 amide bonds. The molecule has 0 saturated heterocycles. The number of non-ortho nitro benzene ring substituents is 1. The predicted octanol–water partition coefficient (Wildman–Crippen LogP) is 5.43. The summed E-state index contributed by atoms with van der Waals surface area (Å²) in [6, 6.07) is 16.3. The number of nitro groups is 1. The fourth-order valence-electron chi connectivity index (χ4n) is 4.15. The van der Waals surface area contributed by atoms with Crippen molar-refractivity contribution in [2.24, 2.45) is 0 Å². The zero-order valence-corrected chi connectivity index (χ0v) is 24.8. The van der Waals surface area contributed by atoms with Crippen LogP contribution in [0.2, 0.25) is 10.0 Å². The summed E-state index contributed by atoms with van der Waals surface area (Å²) in [5.41, 5.74) is -0.0531. The molecule has 0 aromatic heterocycles. The van der Waals surface area contributed by atoms with Gasteiger partial charge in [-0.2, -0.15) is 0 Å². The quantitative estimate of drug-likeness (QED) is 0.200. The van der Waals surface area contributed by atoms with Gasteiger partial charge in [0.05, 0.1) is 15.5 Å². The van der Waals surface area contributed by atoms with E-state index in [1.165, 1.54) is 47.4 Å². The Kier molecular flexibility index (Phi) is 11.1. The van der Waals surface area contributed by atoms with Crippen molar-refractivity contribution < 1.29 is 22.9 Å². The van der Waals surface area contributed by atoms with Gasteiger partial charge in [-0.15, -0.1) is 0 Å². The van der Waals surface area contributed by atoms with Crippen molar-refractivity contribution >= 4 is 56.4 Å². The number of carbonyl (C=O) groups excluding carboxylic acids is 2. The number of halogens is 2. The summed E-state index contributed by atoms with van der Waals surface area (Å²) in [6.07, 6.45) is 0.883. The van der Waals surface area contributed by atoms with E-state index in [-0.39, 0.29) is 39.3 Å². The van der Waals surface area contributed by atoms with E-state index in [0.29, 0.717) is 18.5 Å². The number of hydrogen-bond donors (Lipinski definition) is 1. The Hall–Kier alpha value is -3.67. The summed E-state index contributed by atoms with van der Waals surface area (Å²) >= 11 is 12.8. The van der Waals surface area contributed by atoms with Crippen LogP contribution in [0.25, 0.3) is 0 Å². The van der Waals surface area contributed by atoms with Gasteiger partial charge in [-0.1, -0.05) is 67.4 Å². The molecule has 1 atom stereocenters. The summed E-state index contributed by atoms with van der Waals surface area (Å²) in [4.78, 5) is 39.1. The lowest BCUT2D eigenvalue weighted by Crippen LogP contribution is -2.52. The second kappa shape index (κ2) is 14.3. The molecule has 41 heavy (non-hydrogen) atoms. The second-order valence-electron chi connectivity index (χ2n) is 9.04. The highest BCUT2D eigenvalue weighted by atomic mass is 35.5. The largest absolute Gasteiger partial charge is 0.354 e. The van der Waals surface area contributed by atoms with Crippen molar-refractivity contribution in [3.05, 3.63) is 98.5 Å². The maximum Gasteiger partial charge on any atom is 0.271 e. The number of nitrogens with one attached hydrogen (secondary N) is 1. The van der Waals surface area contributed by atoms with Gasteiger partial charge in [-0.05, 0) is 43.2 Å². The monoisotopic (exact) mass is 620 g/mol. The topological polar surface area (TPSA) is 130 Å². The Morgan fingerprint density at radius 2 is 1.61 bits per heavy atom. The van der Waals surface area contributed by atoms with Gasteiger partial charge >= 0.3 is 0 Å². The number of nitrogens with zero attached hydrogens (tertiary/aromatic N) is 3. The molecule has 0 aliphatic rings. The van der Waals surface area contributed by atoms with E-state index >= 15 is 0 Å². The number of amides is 2. The molecular weight excluding hydrogens is 591 g/mol. The lowest BCUT2D eigenvalue weighted by molar-refractivity contribution is -0.384. The Bertz CT molecular complexity index is 1480. The highest BCUT2D eigenvalue weighted by Crippen LogP contribution is 2.30. The van der Waals surface area contributed by atoms with Gasteiger partial charge in [0.15, 0.2) is 0 Å². The van der Waals surface area contributed by atoms with E-state index < -0.39 is 39.3 Å². The van der Waals surface area contributed by atoms with E-state index in [1.807, 2.05) is 6.92 Å². The van der Waals surface area contributed by atoms with Crippen LogP contribution in [0.5, 0.6) is 0 Å². The third-order valence-electron chi connectivity index (χ3n) is 6.26. The third kappa shape index (κ3) is 7.75. The first-order chi connectivity index (χ1) is 19.5. The van der Waals surface area contributed by atoms with E-state index in [9.17, 15) is 28.1 Å². The van der Waals surface area contributed by atoms with Crippen molar-refractivity contribution in [3.63, 3.8) is 0 Å². The van der Waals surface area contributed by atoms with Crippen molar-refractivity contribution in [2.75, 3.05) is 17.4 Å². The van der Waals surface area contributed by atoms with Gasteiger partial charge in [-0.25, -0.2) is 8.42 Å². The van der Waals surface area contributed by atoms with Gasteiger partial charge in [-0.3, -0.25) is 24.0 Å². The average molecular weight is 622 g/mol. The molecule has 0 radical (unpaired) electrons. The van der Waals surface area contributed by atoms with Crippen LogP contribution in [0, 0.1) is 10.1 Å². The van der Waals surface area contributed by atoms with Gasteiger partial charge in [0.25, 0.3) is 15.7 Å². The lowest BCUT2D eigenvalue weighted by Gasteiger charge is -2.33. The molecule has 218 valence electrons. The van der Waals surface area contributed by atoms with E-state index in [4.69, 9.17) is 23.2 Å². The molecule has 13 heteroatoms. The molecule has 0 aliphatic carbocycles. The number of carbonyl (C=O) groups is 2. The van der Waals surface area contributed by atoms with Crippen LogP contribution in [0.1, 0.15) is 32.3 Å². The number of anilines is 1. The maximum atomic E-state index is 14.0. The molecule has 3 aromatic carbocycles. The number of benzene rings is 3. The van der Waals surface area contributed by atoms with Crippen LogP contribution in [-0.4, -0.2) is 49.2 Å². The highest BCUT2D eigenvalue weighted by molar-refractivity contribution is 7.92. The maximum absolute atomic E-state index is 14.0. The highest BCUT2D eigenvalue weighted by Gasteiger charge is 2.34. The van der Waals surface area contributed by atoms with Crippen molar-refractivity contribution in [2.45, 2.75) is 44.2 Å². The van der Waals surface area contributed by atoms with E-state index in [0.717, 1.165) is 10.4 Å². The molecule has 3 aromatic rings. The SMILES string of the molecule is CCCNC(=O)C(CC)N(Cc1c(Cl)cccc1Cl)C(=O)CN(c1cccc([N+](=O)[O-])c1)S(=O)(=O)c1ccccc1. The molecule has 0 heterocycles. The van der Waals surface area contributed by atoms with E-state index in [1.54, 1.807) is 31.2 Å². The van der Waals surface area contributed by atoms with Crippen molar-refractivity contribution in [1.82, 2.24) is 10.2 Å². The lowest BCUT2D eigenvalue weighted by atomic mass is 10.1. The number of sulfonamides is 1. The number of hydrogen-bond acceptors (Lipinski definition) is 6. The number of rotatable bonds is 13. The molecule has 0 spiro atoms. The van der Waals surface area contributed by atoms with Crippen LogP contribution >= 0.6 is 23.2 Å². The summed E-state index contributed by atoms with van der Waals surface area (Å²) in [5.74, 6) is -1.15. The fraction of sp³-hybridized carbons (Fsp3) is 0.286. The van der Waals surface area contributed by atoms with Crippen LogP contribution < -0.4 is 9.62 Å². The van der Waals surface area contributed by atoms with Crippen LogP contribution in [0.15, 0.2) is 77.7 Å². The first-order valence-corrected chi connectivity index (χ1v) is 15.0. The minimum absolute atomic E-state index is 0.0874. The van der Waals surface area contributed by atoms with Gasteiger partial charge < -0.3 is 10.2 Å². The van der Waals surface area contributed by atoms with Gasteiger partial charge in [0.1, 0.15) is 12.6 Å². The summed E-state index contributed by atoms with van der Waals surface area (Å²) < 4.78 is 28.4. The van der Waals surface area contributed by atoms with Gasteiger partial charge in [0.2, 0.25) is 11.8 Å². The zero-order valence-electron chi connectivity index (χ0n) is 22.5. The normalized spacial score (nSPS) is 11.9. The molecule has 3 rings (SSSR count). The number of nitro benzene ring substituents is 1. The molecule has 1 N–H and O–H groups in total. The molecule has 0 saturated carbocycles. The van der Waals surface area contributed by atoms with Crippen LogP contribution in [0.4, 0.5) is 11.4 Å². The second-order valence-corrected chi connectivity index (χ2v) is 11.7. The molecular formula is C28H30Cl2N4O6S. The Morgan fingerprint density at radius 1 is 0.976 bits per heavy atom. The minimum Gasteiger partial charge on any atom is -0.354 e. The summed E-state index contributed by atoms with van der Waals surface area (Å²) in [7, 11) is -4.37. The Morgan fingerprint density at radius 3 is 2.20 bits per heavy atom. The third-order valence-corrected chi connectivity index (χ3v) is 8.76. The molecule has 0 aliphatic heterocycles. The van der Waals surface area contributed by atoms with Crippen molar-refractivity contribution in [3.8, 4) is 0 Å². The predicted molar refractivity (Wildman–Crippen MR) is 158 cm³/mol. The minimum atomic E-state index is -4.37. The summed E-state index contributed by atoms with van der Waals surface area (Å²) in [5, 5.41) is 14.8. The Labute approximate surface area is 249 Å². The van der Waals surface area contributed by atoms with Crippen LogP contribution in [0.3, 0.4) is 0 Å². The standard InChI is InChI=1S/C28H30Cl2N4O6S/c1-3-16-31-28(36)26(4-2)32(18-23-24(29)14-9-15-25(23)30)27(35)19-33(20-10-8-11-21(17-20)34(37)38)41(39,40)22-12-6-5-7-13-22/h5-15,17,26H,3-4,16,18-19H2,1-2H3,(H,31,36). The average Bonchev–Trinajstić information content (AvgIpc) is 2.96. The first-order valence-electron chi connectivity index (χ1n) is 12.8. The smallest absolute Gasteiger partial charge is 0.271 e. The molecule has 1 unspecified atom stereocenters. The molecule has 0 fully saturated rings. The van der Waals surface area contributed by atoms with Crippen molar-refractivity contribution in [1.29, 1.82) is 0 Å². The Balaban J connectivity index is 2.12. The zero-order chi connectivity index (χ0) is 30.2. The summed E-state index contributed by atoms with van der Waals surface area (Å²) in [6.45, 7) is 3.07.